The van der Waals surface area contributed by atoms with Crippen molar-refractivity contribution in [2.45, 2.75) is 23.8 Å². The fraction of sp³-hybridized carbons (Fsp3) is 0.120. The van der Waals surface area contributed by atoms with Crippen LogP contribution in [0.2, 0.25) is 0 Å². The SMILES string of the molecule is CCC(Sc1nc2ccccc2c(=O)n1-c1ccccc1)C(=O)Nc1nc2ccccc2s1. The number of thioether (sulfide) groups is 1. The standard InChI is InChI=1S/C25H20N4O2S2/c1-2-20(22(30)28-24-26-19-14-8-9-15-21(19)32-24)33-25-27-18-13-7-6-12-17(18)23(31)29(25)16-10-4-3-5-11-16/h3-15,20H,2H2,1H3,(H,26,28,30). The third-order valence-corrected chi connectivity index (χ3v) is 7.46. The molecule has 1 unspecified atom stereocenters. The van der Waals surface area contributed by atoms with Gasteiger partial charge in [0.2, 0.25) is 5.91 Å². The quantitative estimate of drug-likeness (QED) is 0.261. The van der Waals surface area contributed by atoms with Gasteiger partial charge in [-0.05, 0) is 42.8 Å². The fourth-order valence-electron chi connectivity index (χ4n) is 3.56. The Morgan fingerprint density at radius 1 is 0.970 bits per heavy atom. The van der Waals surface area contributed by atoms with E-state index < -0.39 is 5.25 Å². The van der Waals surface area contributed by atoms with Crippen LogP contribution in [0.3, 0.4) is 0 Å². The summed E-state index contributed by atoms with van der Waals surface area (Å²) in [7, 11) is 0. The van der Waals surface area contributed by atoms with Gasteiger partial charge in [-0.25, -0.2) is 9.97 Å². The first-order chi connectivity index (χ1) is 16.1. The van der Waals surface area contributed by atoms with Gasteiger partial charge in [-0.3, -0.25) is 14.2 Å². The number of thiazole rings is 1. The number of anilines is 1. The summed E-state index contributed by atoms with van der Waals surface area (Å²) in [5.41, 5.74) is 2.02. The molecule has 0 aliphatic heterocycles. The van der Waals surface area contributed by atoms with Gasteiger partial charge in [0.25, 0.3) is 5.56 Å². The molecule has 0 fully saturated rings. The second-order valence-electron chi connectivity index (χ2n) is 7.38. The minimum Gasteiger partial charge on any atom is -0.301 e. The van der Waals surface area contributed by atoms with Gasteiger partial charge in [-0.15, -0.1) is 0 Å². The molecule has 6 nitrogen and oxygen atoms in total. The van der Waals surface area contributed by atoms with Crippen LogP contribution in [0, 0.1) is 0 Å². The molecule has 5 aromatic rings. The molecule has 1 N–H and O–H groups in total. The van der Waals surface area contributed by atoms with Crippen molar-refractivity contribution in [3.05, 3.63) is 89.2 Å². The Bertz CT molecular complexity index is 1480. The van der Waals surface area contributed by atoms with Crippen LogP contribution in [0.1, 0.15) is 13.3 Å². The highest BCUT2D eigenvalue weighted by molar-refractivity contribution is 8.00. The normalized spacial score (nSPS) is 12.2. The molecule has 8 heteroatoms. The van der Waals surface area contributed by atoms with E-state index in [1.807, 2.05) is 79.7 Å². The molecule has 0 saturated heterocycles. The zero-order valence-corrected chi connectivity index (χ0v) is 19.4. The average molecular weight is 473 g/mol. The summed E-state index contributed by atoms with van der Waals surface area (Å²) in [4.78, 5) is 35.8. The van der Waals surface area contributed by atoms with E-state index in [0.29, 0.717) is 33.3 Å². The van der Waals surface area contributed by atoms with Crippen molar-refractivity contribution in [2.24, 2.45) is 0 Å². The summed E-state index contributed by atoms with van der Waals surface area (Å²) in [5.74, 6) is -0.163. The lowest BCUT2D eigenvalue weighted by molar-refractivity contribution is -0.115. The van der Waals surface area contributed by atoms with Gasteiger partial charge in [0, 0.05) is 0 Å². The Morgan fingerprint density at radius 3 is 2.42 bits per heavy atom. The highest BCUT2D eigenvalue weighted by atomic mass is 32.2. The molecule has 0 spiro atoms. The number of nitrogens with one attached hydrogen (secondary N) is 1. The zero-order valence-electron chi connectivity index (χ0n) is 17.8. The van der Waals surface area contributed by atoms with E-state index in [1.54, 1.807) is 10.6 Å². The molecule has 5 rings (SSSR count). The van der Waals surface area contributed by atoms with Crippen molar-refractivity contribution in [3.8, 4) is 5.69 Å². The lowest BCUT2D eigenvalue weighted by Crippen LogP contribution is -2.27. The molecule has 1 atom stereocenters. The summed E-state index contributed by atoms with van der Waals surface area (Å²) < 4.78 is 2.60. The molecule has 1 amide bonds. The van der Waals surface area contributed by atoms with Crippen molar-refractivity contribution in [3.63, 3.8) is 0 Å². The van der Waals surface area contributed by atoms with Crippen molar-refractivity contribution in [1.82, 2.24) is 14.5 Å². The lowest BCUT2D eigenvalue weighted by atomic mass is 10.2. The van der Waals surface area contributed by atoms with Gasteiger partial charge in [0.05, 0.1) is 32.1 Å². The molecule has 2 heterocycles. The van der Waals surface area contributed by atoms with Gasteiger partial charge in [-0.2, -0.15) is 0 Å². The minimum absolute atomic E-state index is 0.157. The van der Waals surface area contributed by atoms with Crippen LogP contribution >= 0.6 is 23.1 Å². The summed E-state index contributed by atoms with van der Waals surface area (Å²) in [6.07, 6.45) is 0.568. The average Bonchev–Trinajstić information content (AvgIpc) is 3.25. The van der Waals surface area contributed by atoms with Gasteiger partial charge in [0.1, 0.15) is 0 Å². The number of hydrogen-bond donors (Lipinski definition) is 1. The smallest absolute Gasteiger partial charge is 0.266 e. The maximum absolute atomic E-state index is 13.4. The number of para-hydroxylation sites is 3. The molecule has 0 aliphatic rings. The summed E-state index contributed by atoms with van der Waals surface area (Å²) >= 11 is 2.73. The van der Waals surface area contributed by atoms with E-state index in [4.69, 9.17) is 4.98 Å². The highest BCUT2D eigenvalue weighted by Gasteiger charge is 2.23. The molecule has 164 valence electrons. The van der Waals surface area contributed by atoms with Gasteiger partial charge in [-0.1, -0.05) is 72.5 Å². The van der Waals surface area contributed by atoms with Gasteiger partial charge >= 0.3 is 0 Å². The predicted molar refractivity (Wildman–Crippen MR) is 136 cm³/mol. The van der Waals surface area contributed by atoms with Crippen LogP contribution in [0.15, 0.2) is 88.8 Å². The molecule has 2 aromatic heterocycles. The molecule has 33 heavy (non-hydrogen) atoms. The Balaban J connectivity index is 1.51. The number of fused-ring (bicyclic) bond motifs is 2. The van der Waals surface area contributed by atoms with E-state index in [2.05, 4.69) is 10.3 Å². The first-order valence-corrected chi connectivity index (χ1v) is 12.2. The van der Waals surface area contributed by atoms with Gasteiger partial charge in [0.15, 0.2) is 10.3 Å². The van der Waals surface area contributed by atoms with E-state index in [0.717, 1.165) is 10.2 Å². The van der Waals surface area contributed by atoms with Crippen LogP contribution in [-0.4, -0.2) is 25.7 Å². The topological polar surface area (TPSA) is 76.9 Å². The third kappa shape index (κ3) is 4.27. The third-order valence-electron chi connectivity index (χ3n) is 5.19. The van der Waals surface area contributed by atoms with E-state index in [9.17, 15) is 9.59 Å². The first-order valence-electron chi connectivity index (χ1n) is 10.5. The van der Waals surface area contributed by atoms with Crippen molar-refractivity contribution in [2.75, 3.05) is 5.32 Å². The number of carbonyl (C=O) groups excluding carboxylic acids is 1. The molecular formula is C25H20N4O2S2. The van der Waals surface area contributed by atoms with Crippen LogP contribution in [0.25, 0.3) is 26.8 Å². The Hall–Kier alpha value is -3.49. The van der Waals surface area contributed by atoms with Crippen LogP contribution in [0.5, 0.6) is 0 Å². The second-order valence-corrected chi connectivity index (χ2v) is 9.58. The maximum Gasteiger partial charge on any atom is 0.266 e. The molecule has 0 aliphatic carbocycles. The highest BCUT2D eigenvalue weighted by Crippen LogP contribution is 2.30. The summed E-state index contributed by atoms with van der Waals surface area (Å²) in [6, 6.07) is 24.4. The van der Waals surface area contributed by atoms with E-state index in [1.165, 1.54) is 23.1 Å². The number of aromatic nitrogens is 3. The van der Waals surface area contributed by atoms with Gasteiger partial charge < -0.3 is 5.32 Å². The number of hydrogen-bond acceptors (Lipinski definition) is 6. The van der Waals surface area contributed by atoms with E-state index >= 15 is 0 Å². The Morgan fingerprint density at radius 2 is 1.67 bits per heavy atom. The number of amides is 1. The predicted octanol–water partition coefficient (Wildman–Crippen LogP) is 5.50. The van der Waals surface area contributed by atoms with E-state index in [-0.39, 0.29) is 11.5 Å². The lowest BCUT2D eigenvalue weighted by Gasteiger charge is -2.17. The number of benzene rings is 3. The monoisotopic (exact) mass is 472 g/mol. The van der Waals surface area contributed by atoms with Crippen LogP contribution < -0.4 is 10.9 Å². The number of carbonyl (C=O) groups is 1. The summed E-state index contributed by atoms with van der Waals surface area (Å²) in [5, 5.41) is 4.09. The minimum atomic E-state index is -0.444. The maximum atomic E-state index is 13.4. The zero-order chi connectivity index (χ0) is 22.8. The van der Waals surface area contributed by atoms with Crippen LogP contribution in [-0.2, 0) is 4.79 Å². The number of nitrogens with zero attached hydrogens (tertiary/aromatic N) is 3. The van der Waals surface area contributed by atoms with Crippen LogP contribution in [0.4, 0.5) is 5.13 Å². The molecule has 3 aromatic carbocycles. The fourth-order valence-corrected chi connectivity index (χ4v) is 5.46. The molecule has 0 saturated carbocycles. The van der Waals surface area contributed by atoms with Crippen molar-refractivity contribution < 1.29 is 4.79 Å². The second kappa shape index (κ2) is 9.17. The molecular weight excluding hydrogens is 452 g/mol. The number of rotatable bonds is 6. The Labute approximate surface area is 198 Å². The van der Waals surface area contributed by atoms with Crippen molar-refractivity contribution in [1.29, 1.82) is 0 Å². The first kappa shape index (κ1) is 21.4. The Kier molecular flexibility index (Phi) is 5.93. The van der Waals surface area contributed by atoms with Crippen molar-refractivity contribution >= 4 is 55.3 Å². The largest absolute Gasteiger partial charge is 0.301 e. The molecule has 0 bridgehead atoms. The molecule has 0 radical (unpaired) electrons. The summed E-state index contributed by atoms with van der Waals surface area (Å²) in [6.45, 7) is 1.95.